The zero-order valence-corrected chi connectivity index (χ0v) is 31.3. The van der Waals surface area contributed by atoms with Crippen LogP contribution in [0.2, 0.25) is 0 Å². The van der Waals surface area contributed by atoms with Gasteiger partial charge in [-0.3, -0.25) is 14.4 Å². The minimum atomic E-state index is -3.32. The Hall–Kier alpha value is -2.41. The van der Waals surface area contributed by atoms with Crippen molar-refractivity contribution >= 4 is 33.6 Å². The number of nitrogens with zero attached hydrogens (tertiary/aromatic N) is 1. The van der Waals surface area contributed by atoms with Gasteiger partial charge in [0.05, 0.1) is 22.6 Å². The highest BCUT2D eigenvalue weighted by atomic mass is 32.2. The second kappa shape index (κ2) is 17.9. The highest BCUT2D eigenvalue weighted by Gasteiger charge is 2.50. The summed E-state index contributed by atoms with van der Waals surface area (Å²) in [4.78, 5) is 57.3. The molecular formula is C37H63N5O7S. The summed E-state index contributed by atoms with van der Waals surface area (Å²) in [5, 5.41) is 11.7. The van der Waals surface area contributed by atoms with Gasteiger partial charge in [0.25, 0.3) is 5.91 Å². The molecule has 50 heavy (non-hydrogen) atoms. The molecule has 284 valence electrons. The zero-order valence-electron chi connectivity index (χ0n) is 30.5. The van der Waals surface area contributed by atoms with Gasteiger partial charge in [0.15, 0.2) is 15.9 Å². The van der Waals surface area contributed by atoms with Gasteiger partial charge >= 0.3 is 6.03 Å². The van der Waals surface area contributed by atoms with Crippen LogP contribution in [0.5, 0.6) is 0 Å². The third-order valence-corrected chi connectivity index (χ3v) is 14.5. The maximum absolute atomic E-state index is 14.5. The third kappa shape index (κ3) is 9.92. The Morgan fingerprint density at radius 2 is 1.52 bits per heavy atom. The van der Waals surface area contributed by atoms with E-state index in [9.17, 15) is 27.6 Å². The number of hydrogen-bond donors (Lipinski definition) is 4. The van der Waals surface area contributed by atoms with E-state index in [2.05, 4.69) is 28.2 Å². The summed E-state index contributed by atoms with van der Waals surface area (Å²) >= 11 is 0. The Balaban J connectivity index is 1.35. The summed E-state index contributed by atoms with van der Waals surface area (Å²) in [5.41, 5.74) is -0.834. The Morgan fingerprint density at radius 3 is 2.12 bits per heavy atom. The van der Waals surface area contributed by atoms with Gasteiger partial charge in [0, 0.05) is 19.7 Å². The monoisotopic (exact) mass is 721 g/mol. The van der Waals surface area contributed by atoms with Gasteiger partial charge in [-0.15, -0.1) is 0 Å². The fourth-order valence-electron chi connectivity index (χ4n) is 9.03. The van der Waals surface area contributed by atoms with Crippen molar-refractivity contribution < 1.29 is 32.3 Å². The first kappa shape index (κ1) is 38.8. The number of amides is 5. The molecule has 0 bridgehead atoms. The molecule has 3 saturated heterocycles. The molecule has 4 N–H and O–H groups in total. The molecule has 5 rings (SSSR count). The number of sulfone groups is 1. The Bertz CT molecular complexity index is 1280. The molecule has 13 heteroatoms. The molecule has 0 aromatic rings. The molecule has 2 saturated carbocycles. The number of carbonyl (C=O) groups excluding carboxylic acids is 4. The first-order valence-corrected chi connectivity index (χ1v) is 21.5. The predicted octanol–water partition coefficient (Wildman–Crippen LogP) is 4.25. The van der Waals surface area contributed by atoms with Gasteiger partial charge in [0.2, 0.25) is 11.8 Å². The van der Waals surface area contributed by atoms with Crippen LogP contribution in [0.15, 0.2) is 0 Å². The molecule has 5 aliphatic rings. The van der Waals surface area contributed by atoms with Gasteiger partial charge in [-0.05, 0) is 63.7 Å². The summed E-state index contributed by atoms with van der Waals surface area (Å²) < 4.78 is 31.9. The van der Waals surface area contributed by atoms with E-state index in [-0.39, 0.29) is 35.4 Å². The second-order valence-electron chi connectivity index (χ2n) is 15.8. The van der Waals surface area contributed by atoms with E-state index < -0.39 is 50.9 Å². The lowest BCUT2D eigenvalue weighted by atomic mass is 9.78. The van der Waals surface area contributed by atoms with Crippen molar-refractivity contribution in [2.24, 2.45) is 5.92 Å². The van der Waals surface area contributed by atoms with Crippen molar-refractivity contribution in [3.05, 3.63) is 0 Å². The van der Waals surface area contributed by atoms with E-state index in [0.717, 1.165) is 89.9 Å². The number of fused-ring (bicyclic) bond motifs is 1. The van der Waals surface area contributed by atoms with Gasteiger partial charge in [-0.25, -0.2) is 13.2 Å². The number of rotatable bonds is 8. The molecule has 0 aromatic carbocycles. The smallest absolute Gasteiger partial charge is 0.315 e. The topological polar surface area (TPSA) is 163 Å². The lowest BCUT2D eigenvalue weighted by Crippen LogP contribution is -2.63. The summed E-state index contributed by atoms with van der Waals surface area (Å²) in [7, 11) is -1.82. The Labute approximate surface area is 299 Å². The third-order valence-electron chi connectivity index (χ3n) is 12.1. The normalized spacial score (nSPS) is 31.9. The van der Waals surface area contributed by atoms with Crippen molar-refractivity contribution in [2.75, 3.05) is 19.4 Å². The van der Waals surface area contributed by atoms with Crippen LogP contribution in [0.3, 0.4) is 0 Å². The lowest BCUT2D eigenvalue weighted by Gasteiger charge is -2.42. The van der Waals surface area contributed by atoms with E-state index in [0.29, 0.717) is 51.5 Å². The molecule has 0 radical (unpaired) electrons. The quantitative estimate of drug-likeness (QED) is 0.291. The second-order valence-corrected chi connectivity index (χ2v) is 18.1. The largest absolute Gasteiger partial charge is 0.369 e. The molecule has 12 nitrogen and oxygen atoms in total. The van der Waals surface area contributed by atoms with Crippen molar-refractivity contribution in [2.45, 2.75) is 183 Å². The molecule has 0 aromatic heterocycles. The summed E-state index contributed by atoms with van der Waals surface area (Å²) in [6.07, 6.45) is 16.3. The molecule has 0 spiro atoms. The zero-order chi connectivity index (χ0) is 35.7. The summed E-state index contributed by atoms with van der Waals surface area (Å²) in [5.74, 6) is -0.507. The maximum Gasteiger partial charge on any atom is 0.315 e. The van der Waals surface area contributed by atoms with Crippen molar-refractivity contribution in [3.8, 4) is 0 Å². The fraction of sp³-hybridized carbons (Fsp3) is 0.892. The number of nitrogens with one attached hydrogen (secondary N) is 4. The molecule has 6 atom stereocenters. The molecular weight excluding hydrogens is 659 g/mol. The molecule has 2 aliphatic carbocycles. The van der Waals surface area contributed by atoms with E-state index in [1.807, 2.05) is 0 Å². The molecule has 5 fully saturated rings. The average molecular weight is 722 g/mol. The summed E-state index contributed by atoms with van der Waals surface area (Å²) in [6, 6.07) is -2.44. The average Bonchev–Trinajstić information content (AvgIpc) is 3.66. The van der Waals surface area contributed by atoms with E-state index in [1.54, 1.807) is 4.90 Å². The maximum atomic E-state index is 14.5. The summed E-state index contributed by atoms with van der Waals surface area (Å²) in [6.45, 7) is 2.47. The van der Waals surface area contributed by atoms with Crippen LogP contribution >= 0.6 is 0 Å². The number of methoxy groups -OCH3 is 1. The predicted molar refractivity (Wildman–Crippen MR) is 192 cm³/mol. The number of urea groups is 1. The van der Waals surface area contributed by atoms with E-state index in [4.69, 9.17) is 4.74 Å². The van der Waals surface area contributed by atoms with Crippen molar-refractivity contribution in [1.82, 2.24) is 26.2 Å². The number of carbonyl (C=O) groups is 4. The Morgan fingerprint density at radius 1 is 0.880 bits per heavy atom. The van der Waals surface area contributed by atoms with Crippen LogP contribution in [0.1, 0.15) is 142 Å². The van der Waals surface area contributed by atoms with Gasteiger partial charge in [-0.1, -0.05) is 84.0 Å². The SMILES string of the molecule is CC[C@@H]1C[C@H]2C(=O)N[C@H](C(OC)C(=O)NC3CC3)CCCCCCCCCC[C@H](NC(=O)NC3([C@@H]4CCCS4(=O)=O)CCCCC3)C(=O)N2C1. The first-order chi connectivity index (χ1) is 24.1. The minimum absolute atomic E-state index is 0.127. The molecule has 3 heterocycles. The van der Waals surface area contributed by atoms with Crippen LogP contribution in [-0.4, -0.2) is 97.5 Å². The molecule has 5 amide bonds. The van der Waals surface area contributed by atoms with Gasteiger partial charge in [-0.2, -0.15) is 0 Å². The van der Waals surface area contributed by atoms with Crippen molar-refractivity contribution in [3.63, 3.8) is 0 Å². The van der Waals surface area contributed by atoms with Crippen LogP contribution in [-0.2, 0) is 29.0 Å². The first-order valence-electron chi connectivity index (χ1n) is 19.8. The highest BCUT2D eigenvalue weighted by Crippen LogP contribution is 2.39. The van der Waals surface area contributed by atoms with Gasteiger partial charge in [0.1, 0.15) is 12.1 Å². The highest BCUT2D eigenvalue weighted by molar-refractivity contribution is 7.92. The van der Waals surface area contributed by atoms with Gasteiger partial charge < -0.3 is 30.9 Å². The molecule has 3 aliphatic heterocycles. The van der Waals surface area contributed by atoms with Crippen molar-refractivity contribution in [1.29, 1.82) is 0 Å². The fourth-order valence-corrected chi connectivity index (χ4v) is 11.4. The van der Waals surface area contributed by atoms with E-state index in [1.165, 1.54) is 7.11 Å². The molecule has 1 unspecified atom stereocenters. The van der Waals surface area contributed by atoms with Crippen LogP contribution < -0.4 is 21.3 Å². The van der Waals surface area contributed by atoms with Crippen LogP contribution in [0.25, 0.3) is 0 Å². The Kier molecular flexibility index (Phi) is 13.9. The van der Waals surface area contributed by atoms with Crippen LogP contribution in [0.4, 0.5) is 4.79 Å². The number of hydrogen-bond acceptors (Lipinski definition) is 7. The minimum Gasteiger partial charge on any atom is -0.369 e. The van der Waals surface area contributed by atoms with Crippen LogP contribution in [0, 0.1) is 5.92 Å². The lowest BCUT2D eigenvalue weighted by molar-refractivity contribution is -0.142. The van der Waals surface area contributed by atoms with E-state index >= 15 is 0 Å². The standard InChI is InChI=1S/C37H63N5O7S/c1-3-26-24-30-33(43)39-28(32(49-2)34(44)38-27-19-20-27)16-11-8-6-4-5-7-9-12-17-29(35(45)42(30)25-26)40-36(46)41-37(21-13-10-14-22-37)31-18-15-23-50(31,47)48/h26-32H,3-25H2,1-2H3,(H,38,44)(H,39,43)(H2,40,41,46)/t26-,28+,29+,30+,31+,32?/m1/s1. The number of ether oxygens (including phenoxy) is 1.